The molecule has 1 N–H and O–H groups in total. The van der Waals surface area contributed by atoms with Crippen molar-refractivity contribution in [3.05, 3.63) is 94.5 Å². The number of nitrogens with zero attached hydrogens (tertiary/aromatic N) is 1. The Hall–Kier alpha value is -3.16. The van der Waals surface area contributed by atoms with E-state index >= 15 is 0 Å². The van der Waals surface area contributed by atoms with Crippen LogP contribution in [0.25, 0.3) is 0 Å². The molecule has 1 amide bonds. The van der Waals surface area contributed by atoms with Crippen LogP contribution >= 0.6 is 11.6 Å². The van der Waals surface area contributed by atoms with E-state index in [2.05, 4.69) is 5.32 Å². The normalized spacial score (nSPS) is 11.1. The summed E-state index contributed by atoms with van der Waals surface area (Å²) in [5.41, 5.74) is 2.58. The summed E-state index contributed by atoms with van der Waals surface area (Å²) in [6.07, 6.45) is 1.13. The molecule has 0 heterocycles. The molecule has 31 heavy (non-hydrogen) atoms. The maximum absolute atomic E-state index is 12.6. The number of carbonyl (C=O) groups excluding carboxylic acids is 2. The Kier molecular flexibility index (Phi) is 6.77. The molecule has 0 saturated carbocycles. The van der Waals surface area contributed by atoms with Crippen molar-refractivity contribution in [2.24, 2.45) is 0 Å². The quantitative estimate of drug-likeness (QED) is 0.519. The van der Waals surface area contributed by atoms with Gasteiger partial charge in [0.15, 0.2) is 5.78 Å². The van der Waals surface area contributed by atoms with Crippen LogP contribution in [-0.2, 0) is 16.6 Å². The molecule has 160 valence electrons. The Morgan fingerprint density at radius 1 is 0.935 bits per heavy atom. The summed E-state index contributed by atoms with van der Waals surface area (Å²) < 4.78 is 25.9. The van der Waals surface area contributed by atoms with Gasteiger partial charge in [-0.1, -0.05) is 35.9 Å². The second kappa shape index (κ2) is 9.32. The van der Waals surface area contributed by atoms with E-state index in [1.54, 1.807) is 72.8 Å². The van der Waals surface area contributed by atoms with Gasteiger partial charge in [0, 0.05) is 21.8 Å². The SMILES string of the molecule is CC(=O)c1cccc(NC(=O)c2ccc(N(Cc3ccc(Cl)cc3)S(C)(=O)=O)cc2)c1. The highest BCUT2D eigenvalue weighted by atomic mass is 35.5. The highest BCUT2D eigenvalue weighted by Crippen LogP contribution is 2.22. The minimum atomic E-state index is -3.55. The molecule has 0 aromatic heterocycles. The van der Waals surface area contributed by atoms with E-state index in [0.717, 1.165) is 11.8 Å². The maximum atomic E-state index is 12.6. The van der Waals surface area contributed by atoms with E-state index in [-0.39, 0.29) is 18.2 Å². The van der Waals surface area contributed by atoms with Gasteiger partial charge in [-0.3, -0.25) is 13.9 Å². The van der Waals surface area contributed by atoms with Gasteiger partial charge in [0.25, 0.3) is 5.91 Å². The van der Waals surface area contributed by atoms with Crippen molar-refractivity contribution in [1.29, 1.82) is 0 Å². The first-order chi connectivity index (χ1) is 14.6. The second-order valence-electron chi connectivity index (χ2n) is 7.03. The number of carbonyl (C=O) groups is 2. The van der Waals surface area contributed by atoms with Crippen LogP contribution in [0.5, 0.6) is 0 Å². The van der Waals surface area contributed by atoms with E-state index in [0.29, 0.717) is 27.5 Å². The first kappa shape index (κ1) is 22.5. The lowest BCUT2D eigenvalue weighted by atomic mass is 10.1. The number of hydrogen-bond donors (Lipinski definition) is 1. The molecule has 0 bridgehead atoms. The molecule has 0 aliphatic heterocycles. The van der Waals surface area contributed by atoms with E-state index in [9.17, 15) is 18.0 Å². The van der Waals surface area contributed by atoms with Crippen molar-refractivity contribution in [1.82, 2.24) is 0 Å². The maximum Gasteiger partial charge on any atom is 0.255 e. The molecule has 0 aliphatic rings. The Morgan fingerprint density at radius 2 is 1.58 bits per heavy atom. The minimum Gasteiger partial charge on any atom is -0.322 e. The van der Waals surface area contributed by atoms with Crippen molar-refractivity contribution in [2.75, 3.05) is 15.9 Å². The molecule has 0 atom stereocenters. The second-order valence-corrected chi connectivity index (χ2v) is 9.38. The highest BCUT2D eigenvalue weighted by Gasteiger charge is 2.18. The molecule has 0 radical (unpaired) electrons. The number of Topliss-reactive ketones (excluding diaryl/α,β-unsaturated/α-hetero) is 1. The van der Waals surface area contributed by atoms with E-state index in [1.807, 2.05) is 0 Å². The van der Waals surface area contributed by atoms with Gasteiger partial charge in [-0.2, -0.15) is 0 Å². The van der Waals surface area contributed by atoms with E-state index in [4.69, 9.17) is 11.6 Å². The van der Waals surface area contributed by atoms with Crippen LogP contribution in [0.4, 0.5) is 11.4 Å². The zero-order valence-electron chi connectivity index (χ0n) is 17.0. The average molecular weight is 457 g/mol. The Bertz CT molecular complexity index is 1210. The molecular weight excluding hydrogens is 436 g/mol. The molecule has 3 rings (SSSR count). The van der Waals surface area contributed by atoms with Crippen LogP contribution in [0.15, 0.2) is 72.8 Å². The number of amides is 1. The van der Waals surface area contributed by atoms with Gasteiger partial charge < -0.3 is 5.32 Å². The lowest BCUT2D eigenvalue weighted by Gasteiger charge is -2.23. The molecule has 0 aliphatic carbocycles. The molecule has 3 aromatic rings. The lowest BCUT2D eigenvalue weighted by molar-refractivity contribution is 0.101. The number of ketones is 1. The Balaban J connectivity index is 1.79. The molecule has 0 fully saturated rings. The van der Waals surface area contributed by atoms with Crippen LogP contribution in [0, 0.1) is 0 Å². The summed E-state index contributed by atoms with van der Waals surface area (Å²) in [7, 11) is -3.55. The lowest BCUT2D eigenvalue weighted by Crippen LogP contribution is -2.29. The van der Waals surface area contributed by atoms with Gasteiger partial charge in [0.1, 0.15) is 0 Å². The van der Waals surface area contributed by atoms with Crippen molar-refractivity contribution in [2.45, 2.75) is 13.5 Å². The van der Waals surface area contributed by atoms with E-state index < -0.39 is 10.0 Å². The van der Waals surface area contributed by atoms with Gasteiger partial charge in [0.2, 0.25) is 10.0 Å². The standard InChI is InChI=1S/C23H21ClN2O4S/c1-16(27)19-4-3-5-21(14-19)25-23(28)18-8-12-22(13-9-18)26(31(2,29)30)15-17-6-10-20(24)11-7-17/h3-14H,15H2,1-2H3,(H,25,28). The van der Waals surface area contributed by atoms with Crippen LogP contribution in [0.2, 0.25) is 5.02 Å². The predicted octanol–water partition coefficient (Wildman–Crippen LogP) is 4.76. The fourth-order valence-electron chi connectivity index (χ4n) is 2.95. The summed E-state index contributed by atoms with van der Waals surface area (Å²) in [5, 5.41) is 3.31. The first-order valence-electron chi connectivity index (χ1n) is 9.38. The zero-order valence-corrected chi connectivity index (χ0v) is 18.6. The Morgan fingerprint density at radius 3 is 2.16 bits per heavy atom. The number of halogens is 1. The van der Waals surface area contributed by atoms with Gasteiger partial charge in [-0.15, -0.1) is 0 Å². The fraction of sp³-hybridized carbons (Fsp3) is 0.130. The van der Waals surface area contributed by atoms with E-state index in [1.165, 1.54) is 11.2 Å². The summed E-state index contributed by atoms with van der Waals surface area (Å²) in [6.45, 7) is 1.59. The summed E-state index contributed by atoms with van der Waals surface area (Å²) >= 11 is 5.90. The van der Waals surface area contributed by atoms with Crippen molar-refractivity contribution < 1.29 is 18.0 Å². The summed E-state index contributed by atoms with van der Waals surface area (Å²) in [4.78, 5) is 24.1. The largest absolute Gasteiger partial charge is 0.322 e. The monoisotopic (exact) mass is 456 g/mol. The minimum absolute atomic E-state index is 0.0954. The van der Waals surface area contributed by atoms with Crippen molar-refractivity contribution >= 4 is 44.7 Å². The predicted molar refractivity (Wildman–Crippen MR) is 123 cm³/mol. The van der Waals surface area contributed by atoms with Gasteiger partial charge >= 0.3 is 0 Å². The smallest absolute Gasteiger partial charge is 0.255 e. The van der Waals surface area contributed by atoms with Crippen LogP contribution in [0.1, 0.15) is 33.2 Å². The number of nitrogens with one attached hydrogen (secondary N) is 1. The van der Waals surface area contributed by atoms with Crippen molar-refractivity contribution in [3.8, 4) is 0 Å². The van der Waals surface area contributed by atoms with Crippen molar-refractivity contribution in [3.63, 3.8) is 0 Å². The number of rotatable bonds is 7. The topological polar surface area (TPSA) is 83.6 Å². The third kappa shape index (κ3) is 5.93. The molecule has 6 nitrogen and oxygen atoms in total. The highest BCUT2D eigenvalue weighted by molar-refractivity contribution is 7.92. The van der Waals surface area contributed by atoms with Crippen LogP contribution in [0.3, 0.4) is 0 Å². The third-order valence-electron chi connectivity index (χ3n) is 4.58. The third-order valence-corrected chi connectivity index (χ3v) is 5.98. The molecular formula is C23H21ClN2O4S. The number of hydrogen-bond acceptors (Lipinski definition) is 4. The number of sulfonamides is 1. The molecule has 0 spiro atoms. The zero-order chi connectivity index (χ0) is 22.6. The molecule has 0 unspecified atom stereocenters. The molecule has 8 heteroatoms. The van der Waals surface area contributed by atoms with Gasteiger partial charge in [0.05, 0.1) is 18.5 Å². The average Bonchev–Trinajstić information content (AvgIpc) is 2.73. The number of benzene rings is 3. The molecule has 3 aromatic carbocycles. The number of anilines is 2. The molecule has 0 saturated heterocycles. The van der Waals surface area contributed by atoms with Gasteiger partial charge in [-0.25, -0.2) is 8.42 Å². The fourth-order valence-corrected chi connectivity index (χ4v) is 3.97. The summed E-state index contributed by atoms with van der Waals surface area (Å²) in [6, 6.07) is 19.9. The Labute approximate surface area is 186 Å². The summed E-state index contributed by atoms with van der Waals surface area (Å²) in [5.74, 6) is -0.460. The van der Waals surface area contributed by atoms with Crippen LogP contribution in [-0.4, -0.2) is 26.4 Å². The first-order valence-corrected chi connectivity index (χ1v) is 11.6. The van der Waals surface area contributed by atoms with Gasteiger partial charge in [-0.05, 0) is 61.0 Å². The van der Waals surface area contributed by atoms with Crippen LogP contribution < -0.4 is 9.62 Å².